The van der Waals surface area contributed by atoms with E-state index in [1.54, 1.807) is 0 Å². The lowest BCUT2D eigenvalue weighted by atomic mass is 10.1. The third-order valence-electron chi connectivity index (χ3n) is 3.73. The second kappa shape index (κ2) is 8.39. The monoisotopic (exact) mass is 355 g/mol. The van der Waals surface area contributed by atoms with E-state index in [1.807, 2.05) is 30.3 Å². The number of hydrogen-bond acceptors (Lipinski definition) is 3. The fraction of sp³-hybridized carbons (Fsp3) is 0.562. The van der Waals surface area contributed by atoms with E-state index in [-0.39, 0.29) is 6.04 Å². The maximum atomic E-state index is 11.8. The Morgan fingerprint density at radius 3 is 2.76 bits per heavy atom. The molecule has 1 N–H and O–H groups in total. The van der Waals surface area contributed by atoms with Crippen LogP contribution in [0.4, 0.5) is 4.79 Å². The fourth-order valence-corrected chi connectivity index (χ4v) is 3.01. The van der Waals surface area contributed by atoms with E-state index >= 15 is 0 Å². The van der Waals surface area contributed by atoms with E-state index in [0.29, 0.717) is 19.4 Å². The summed E-state index contributed by atoms with van der Waals surface area (Å²) in [6.07, 6.45) is 3.22. The number of benzene rings is 1. The van der Waals surface area contributed by atoms with Crippen LogP contribution in [0.1, 0.15) is 31.2 Å². The molecular formula is C16H22BrNO3. The molecule has 1 amide bonds. The number of ether oxygens (including phenoxy) is 1. The summed E-state index contributed by atoms with van der Waals surface area (Å²) in [5.41, 5.74) is 1.15. The number of rotatable bonds is 8. The van der Waals surface area contributed by atoms with Crippen LogP contribution in [-0.4, -0.2) is 40.3 Å². The van der Waals surface area contributed by atoms with Gasteiger partial charge in [-0.15, -0.1) is 0 Å². The number of aliphatic hydroxyl groups excluding tert-OH is 1. The number of carbonyl (C=O) groups is 1. The lowest BCUT2D eigenvalue weighted by molar-refractivity contribution is 0.0119. The Bertz CT molecular complexity index is 440. The molecule has 4 nitrogen and oxygen atoms in total. The summed E-state index contributed by atoms with van der Waals surface area (Å²) in [6, 6.07) is 9.91. The molecule has 0 aliphatic carbocycles. The summed E-state index contributed by atoms with van der Waals surface area (Å²) < 4.78 is 5.12. The summed E-state index contributed by atoms with van der Waals surface area (Å²) in [6.45, 7) is 0.353. The molecule has 2 atom stereocenters. The normalized spacial score (nSPS) is 19.6. The van der Waals surface area contributed by atoms with Gasteiger partial charge >= 0.3 is 6.09 Å². The zero-order chi connectivity index (χ0) is 15.1. The van der Waals surface area contributed by atoms with Crippen LogP contribution < -0.4 is 0 Å². The van der Waals surface area contributed by atoms with Gasteiger partial charge in [-0.1, -0.05) is 52.7 Å². The van der Waals surface area contributed by atoms with Crippen molar-refractivity contribution in [3.63, 3.8) is 0 Å². The Kier molecular flexibility index (Phi) is 6.51. The number of halogens is 1. The van der Waals surface area contributed by atoms with Crippen molar-refractivity contribution in [2.75, 3.05) is 11.9 Å². The molecule has 1 saturated heterocycles. The molecule has 1 aromatic carbocycles. The van der Waals surface area contributed by atoms with E-state index in [2.05, 4.69) is 15.9 Å². The molecule has 0 radical (unpaired) electrons. The molecule has 1 fully saturated rings. The molecule has 0 saturated carbocycles. The third-order valence-corrected chi connectivity index (χ3v) is 4.30. The van der Waals surface area contributed by atoms with Crippen LogP contribution in [0.2, 0.25) is 0 Å². The number of nitrogens with zero attached hydrogens (tertiary/aromatic N) is 1. The smallest absolute Gasteiger partial charge is 0.412 e. The molecule has 1 aromatic rings. The Morgan fingerprint density at radius 1 is 1.29 bits per heavy atom. The van der Waals surface area contributed by atoms with Crippen molar-refractivity contribution < 1.29 is 14.6 Å². The second-order valence-electron chi connectivity index (χ2n) is 5.35. The van der Waals surface area contributed by atoms with Crippen LogP contribution in [0.3, 0.4) is 0 Å². The quantitative estimate of drug-likeness (QED) is 0.574. The first-order valence-corrected chi connectivity index (χ1v) is 8.57. The lowest BCUT2D eigenvalue weighted by Gasteiger charge is -2.26. The van der Waals surface area contributed by atoms with E-state index in [4.69, 9.17) is 4.74 Å². The Hall–Kier alpha value is -1.07. The summed E-state index contributed by atoms with van der Waals surface area (Å²) in [5.74, 6) is 0. The zero-order valence-electron chi connectivity index (χ0n) is 12.1. The van der Waals surface area contributed by atoms with Crippen LogP contribution >= 0.6 is 15.9 Å². The minimum Gasteiger partial charge on any atom is -0.447 e. The fourth-order valence-electron chi connectivity index (χ4n) is 2.62. The van der Waals surface area contributed by atoms with Crippen molar-refractivity contribution in [1.29, 1.82) is 0 Å². The van der Waals surface area contributed by atoms with E-state index < -0.39 is 12.3 Å². The van der Waals surface area contributed by atoms with Gasteiger partial charge in [0.2, 0.25) is 0 Å². The van der Waals surface area contributed by atoms with E-state index in [1.165, 1.54) is 4.90 Å². The molecule has 0 bridgehead atoms. The average molecular weight is 356 g/mol. The first-order chi connectivity index (χ1) is 10.2. The summed E-state index contributed by atoms with van der Waals surface area (Å²) in [5, 5.41) is 11.3. The van der Waals surface area contributed by atoms with Crippen molar-refractivity contribution in [3.05, 3.63) is 35.9 Å². The Labute approximate surface area is 134 Å². The third kappa shape index (κ3) is 4.71. The molecule has 1 unspecified atom stereocenters. The van der Waals surface area contributed by atoms with E-state index in [0.717, 1.165) is 30.2 Å². The van der Waals surface area contributed by atoms with Gasteiger partial charge in [0.25, 0.3) is 0 Å². The number of aliphatic hydroxyl groups is 1. The highest BCUT2D eigenvalue weighted by molar-refractivity contribution is 9.09. The SMILES string of the molecule is O=C1OC[C@H](Cc2ccccc2)N1C(O)CCCCCBr. The largest absolute Gasteiger partial charge is 0.447 e. The minimum absolute atomic E-state index is 0.0777. The number of alkyl halides is 1. The number of carbonyl (C=O) groups excluding carboxylic acids is 1. The van der Waals surface area contributed by atoms with Crippen molar-refractivity contribution in [2.45, 2.75) is 44.4 Å². The van der Waals surface area contributed by atoms with Crippen LogP contribution in [-0.2, 0) is 11.2 Å². The summed E-state index contributed by atoms with van der Waals surface area (Å²) in [7, 11) is 0. The molecule has 1 aliphatic heterocycles. The standard InChI is InChI=1S/C16H22BrNO3/c17-10-6-2-5-9-15(19)18-14(12-21-16(18)20)11-13-7-3-1-4-8-13/h1,3-4,7-8,14-15,19H,2,5-6,9-12H2/t14-,15?/m0/s1. The topological polar surface area (TPSA) is 49.8 Å². The van der Waals surface area contributed by atoms with Gasteiger partial charge in [-0.25, -0.2) is 4.79 Å². The highest BCUT2D eigenvalue weighted by atomic mass is 79.9. The molecule has 0 spiro atoms. The molecule has 1 aliphatic rings. The minimum atomic E-state index is -0.746. The maximum Gasteiger partial charge on any atom is 0.412 e. The van der Waals surface area contributed by atoms with Gasteiger partial charge in [-0.2, -0.15) is 0 Å². The molecule has 1 heterocycles. The molecule has 0 aromatic heterocycles. The molecule has 2 rings (SSSR count). The molecular weight excluding hydrogens is 334 g/mol. The van der Waals surface area contributed by atoms with Gasteiger partial charge in [0.15, 0.2) is 0 Å². The zero-order valence-corrected chi connectivity index (χ0v) is 13.7. The van der Waals surface area contributed by atoms with Gasteiger partial charge in [-0.3, -0.25) is 4.90 Å². The van der Waals surface area contributed by atoms with Gasteiger partial charge in [0.05, 0.1) is 6.04 Å². The Morgan fingerprint density at radius 2 is 2.05 bits per heavy atom. The first-order valence-electron chi connectivity index (χ1n) is 7.45. The summed E-state index contributed by atoms with van der Waals surface area (Å²) >= 11 is 3.39. The maximum absolute atomic E-state index is 11.8. The van der Waals surface area contributed by atoms with Gasteiger partial charge < -0.3 is 9.84 Å². The molecule has 5 heteroatoms. The van der Waals surface area contributed by atoms with E-state index in [9.17, 15) is 9.90 Å². The van der Waals surface area contributed by atoms with Crippen LogP contribution in [0.25, 0.3) is 0 Å². The van der Waals surface area contributed by atoms with Crippen molar-refractivity contribution >= 4 is 22.0 Å². The van der Waals surface area contributed by atoms with Crippen LogP contribution in [0.5, 0.6) is 0 Å². The first kappa shape index (κ1) is 16.3. The second-order valence-corrected chi connectivity index (χ2v) is 6.14. The Balaban J connectivity index is 1.90. The average Bonchev–Trinajstić information content (AvgIpc) is 2.85. The van der Waals surface area contributed by atoms with Crippen molar-refractivity contribution in [1.82, 2.24) is 4.90 Å². The highest BCUT2D eigenvalue weighted by Crippen LogP contribution is 2.21. The summed E-state index contributed by atoms with van der Waals surface area (Å²) in [4.78, 5) is 13.3. The lowest BCUT2D eigenvalue weighted by Crippen LogP contribution is -2.43. The van der Waals surface area contributed by atoms with Gasteiger partial charge in [0, 0.05) is 5.33 Å². The van der Waals surface area contributed by atoms with Crippen LogP contribution in [0, 0.1) is 0 Å². The predicted molar refractivity (Wildman–Crippen MR) is 85.4 cm³/mol. The van der Waals surface area contributed by atoms with Crippen LogP contribution in [0.15, 0.2) is 30.3 Å². The van der Waals surface area contributed by atoms with Gasteiger partial charge in [-0.05, 0) is 31.2 Å². The highest BCUT2D eigenvalue weighted by Gasteiger charge is 2.37. The van der Waals surface area contributed by atoms with Crippen molar-refractivity contribution in [2.24, 2.45) is 0 Å². The molecule has 116 valence electrons. The number of cyclic esters (lactones) is 1. The predicted octanol–water partition coefficient (Wildman–Crippen LogP) is 3.32. The molecule has 21 heavy (non-hydrogen) atoms. The number of unbranched alkanes of at least 4 members (excludes halogenated alkanes) is 2. The number of amides is 1. The van der Waals surface area contributed by atoms with Crippen molar-refractivity contribution in [3.8, 4) is 0 Å². The number of hydrogen-bond donors (Lipinski definition) is 1. The van der Waals surface area contributed by atoms with Gasteiger partial charge in [0.1, 0.15) is 12.8 Å².